The minimum absolute atomic E-state index is 0.0594. The van der Waals surface area contributed by atoms with Crippen LogP contribution < -0.4 is 14.9 Å². The summed E-state index contributed by atoms with van der Waals surface area (Å²) < 4.78 is 46.1. The van der Waals surface area contributed by atoms with E-state index in [1.807, 2.05) is 13.0 Å². The molecule has 6 rings (SSSR count). The molecule has 9 nitrogen and oxygen atoms in total. The number of hydrogen-bond donors (Lipinski definition) is 1. The van der Waals surface area contributed by atoms with Gasteiger partial charge in [0.15, 0.2) is 28.5 Å². The number of ether oxygens (including phenoxy) is 3. The van der Waals surface area contributed by atoms with Crippen LogP contribution in [-0.4, -0.2) is 65.1 Å². The van der Waals surface area contributed by atoms with Crippen LogP contribution in [0.15, 0.2) is 71.8 Å². The Kier molecular flexibility index (Phi) is 9.65. The molecule has 1 aliphatic heterocycles. The minimum atomic E-state index is -0.684. The van der Waals surface area contributed by atoms with E-state index in [9.17, 15) is 14.0 Å². The second-order valence-electron chi connectivity index (χ2n) is 11.4. The zero-order valence-electron chi connectivity index (χ0n) is 26.1. The third kappa shape index (κ3) is 7.37. The van der Waals surface area contributed by atoms with Crippen LogP contribution in [0.5, 0.6) is 17.4 Å². The first-order valence-electron chi connectivity index (χ1n) is 15.4. The van der Waals surface area contributed by atoms with Crippen molar-refractivity contribution in [1.82, 2.24) is 19.9 Å². The molecular formula is C36H34F2N4O5. The summed E-state index contributed by atoms with van der Waals surface area (Å²) in [6.45, 7) is 8.33. The number of ketones is 1. The number of rotatable bonds is 11. The van der Waals surface area contributed by atoms with Crippen molar-refractivity contribution in [3.05, 3.63) is 111 Å². The number of pyridine rings is 3. The number of hydrogen-bond acceptors (Lipinski definition) is 8. The van der Waals surface area contributed by atoms with Gasteiger partial charge in [-0.3, -0.25) is 19.5 Å². The van der Waals surface area contributed by atoms with Gasteiger partial charge in [-0.25, -0.2) is 13.8 Å². The zero-order valence-corrected chi connectivity index (χ0v) is 26.1. The van der Waals surface area contributed by atoms with Gasteiger partial charge in [-0.1, -0.05) is 18.2 Å². The van der Waals surface area contributed by atoms with Crippen molar-refractivity contribution in [2.75, 3.05) is 39.5 Å². The number of carbonyl (C=O) groups excluding carboxylic acids is 1. The summed E-state index contributed by atoms with van der Waals surface area (Å²) in [6.07, 6.45) is 3.54. The summed E-state index contributed by atoms with van der Waals surface area (Å²) in [7, 11) is 0. The number of benzene rings is 2. The smallest absolute Gasteiger partial charge is 0.217 e. The molecule has 47 heavy (non-hydrogen) atoms. The van der Waals surface area contributed by atoms with Crippen molar-refractivity contribution < 1.29 is 27.8 Å². The number of nitrogens with zero attached hydrogens (tertiary/aromatic N) is 3. The van der Waals surface area contributed by atoms with E-state index in [4.69, 9.17) is 14.2 Å². The number of aromatic amines is 1. The van der Waals surface area contributed by atoms with Gasteiger partial charge in [-0.15, -0.1) is 0 Å². The van der Waals surface area contributed by atoms with Gasteiger partial charge in [-0.2, -0.15) is 0 Å². The summed E-state index contributed by atoms with van der Waals surface area (Å²) >= 11 is 0. The van der Waals surface area contributed by atoms with Crippen molar-refractivity contribution in [3.8, 4) is 28.5 Å². The second kappa shape index (κ2) is 14.2. The van der Waals surface area contributed by atoms with E-state index in [1.165, 1.54) is 42.6 Å². The lowest BCUT2D eigenvalue weighted by molar-refractivity contribution is 0.0357. The molecule has 1 fully saturated rings. The van der Waals surface area contributed by atoms with E-state index in [0.717, 1.165) is 44.8 Å². The molecule has 0 bridgehead atoms. The topological polar surface area (TPSA) is 107 Å². The van der Waals surface area contributed by atoms with Crippen molar-refractivity contribution in [3.63, 3.8) is 0 Å². The van der Waals surface area contributed by atoms with Crippen LogP contribution in [0, 0.1) is 25.5 Å². The number of halogens is 2. The van der Waals surface area contributed by atoms with E-state index in [2.05, 4.69) is 19.9 Å². The van der Waals surface area contributed by atoms with Crippen LogP contribution in [-0.2, 0) is 11.2 Å². The molecule has 2 aromatic carbocycles. The monoisotopic (exact) mass is 640 g/mol. The minimum Gasteiger partial charge on any atom is -0.477 e. The molecule has 1 aliphatic rings. The van der Waals surface area contributed by atoms with E-state index >= 15 is 4.39 Å². The van der Waals surface area contributed by atoms with E-state index < -0.39 is 22.8 Å². The molecule has 242 valence electrons. The Hall–Kier alpha value is -5.00. The predicted octanol–water partition coefficient (Wildman–Crippen LogP) is 6.20. The van der Waals surface area contributed by atoms with Crippen molar-refractivity contribution >= 4 is 16.8 Å². The first-order chi connectivity index (χ1) is 22.8. The van der Waals surface area contributed by atoms with Gasteiger partial charge in [0.1, 0.15) is 11.3 Å². The third-order valence-corrected chi connectivity index (χ3v) is 8.07. The van der Waals surface area contributed by atoms with E-state index in [-0.39, 0.29) is 23.3 Å². The molecule has 0 saturated carbocycles. The Morgan fingerprint density at radius 1 is 1.02 bits per heavy atom. The lowest BCUT2D eigenvalue weighted by atomic mass is 9.98. The quantitative estimate of drug-likeness (QED) is 0.134. The molecule has 1 N–H and O–H groups in total. The lowest BCUT2D eigenvalue weighted by Gasteiger charge is -2.26. The van der Waals surface area contributed by atoms with Crippen LogP contribution in [0.3, 0.4) is 0 Å². The normalized spacial score (nSPS) is 13.5. The molecule has 0 aliphatic carbocycles. The maximum Gasteiger partial charge on any atom is 0.217 e. The summed E-state index contributed by atoms with van der Waals surface area (Å²) in [5.74, 6) is -0.902. The van der Waals surface area contributed by atoms with Gasteiger partial charge < -0.3 is 19.2 Å². The summed E-state index contributed by atoms with van der Waals surface area (Å²) in [5.41, 5.74) is 2.95. The molecule has 3 aromatic heterocycles. The lowest BCUT2D eigenvalue weighted by Crippen LogP contribution is -2.37. The fourth-order valence-corrected chi connectivity index (χ4v) is 5.57. The highest BCUT2D eigenvalue weighted by atomic mass is 19.1. The van der Waals surface area contributed by atoms with Gasteiger partial charge in [0.25, 0.3) is 0 Å². The number of H-pyrrole nitrogens is 1. The summed E-state index contributed by atoms with van der Waals surface area (Å²) in [5, 5.41) is 0. The molecule has 5 aromatic rings. The van der Waals surface area contributed by atoms with Crippen LogP contribution >= 0.6 is 0 Å². The first kappa shape index (κ1) is 32.0. The SMILES string of the molecule is Cc1cc2nccc(Oc3ccc(CC(=O)c4c[nH]c(C)c(-c5ccc(F)cc5)c4=O)cc3F)c2nc1OCCCN1CCOCC1. The van der Waals surface area contributed by atoms with Gasteiger partial charge in [-0.05, 0) is 61.7 Å². The standard InChI is InChI=1S/C36H34F2N4O5/c1-22-18-29-34(41-36(22)46-15-3-12-42-13-16-45-17-14-42)32(10-11-39-29)47-31-9-4-24(19-28(31)38)20-30(43)27-21-40-23(2)33(35(27)44)25-5-7-26(37)8-6-25/h4-11,18-19,21H,3,12-17,20H2,1-2H3,(H,40,44). The van der Waals surface area contributed by atoms with Crippen molar-refractivity contribution in [2.45, 2.75) is 26.7 Å². The number of morpholine rings is 1. The third-order valence-electron chi connectivity index (χ3n) is 8.07. The Morgan fingerprint density at radius 3 is 2.57 bits per heavy atom. The number of aromatic nitrogens is 3. The molecule has 0 amide bonds. The van der Waals surface area contributed by atoms with Crippen LogP contribution in [0.2, 0.25) is 0 Å². The number of fused-ring (bicyclic) bond motifs is 1. The maximum atomic E-state index is 15.3. The highest BCUT2D eigenvalue weighted by Crippen LogP contribution is 2.32. The van der Waals surface area contributed by atoms with Gasteiger partial charge >= 0.3 is 0 Å². The van der Waals surface area contributed by atoms with Gasteiger partial charge in [0.2, 0.25) is 5.88 Å². The summed E-state index contributed by atoms with van der Waals surface area (Å²) in [4.78, 5) is 40.8. The molecule has 0 atom stereocenters. The van der Waals surface area contributed by atoms with Crippen LogP contribution in [0.25, 0.3) is 22.2 Å². The Labute approximate surface area is 270 Å². The van der Waals surface area contributed by atoms with Crippen LogP contribution in [0.4, 0.5) is 8.78 Å². The molecule has 0 radical (unpaired) electrons. The highest BCUT2D eigenvalue weighted by molar-refractivity contribution is 5.98. The van der Waals surface area contributed by atoms with Gasteiger partial charge in [0, 0.05) is 61.3 Å². The molecule has 4 heterocycles. The Balaban J connectivity index is 1.16. The maximum absolute atomic E-state index is 15.3. The number of nitrogens with one attached hydrogen (secondary N) is 1. The average molecular weight is 641 g/mol. The fraction of sp³-hybridized carbons (Fsp3) is 0.278. The number of Topliss-reactive ketones (excluding diaryl/α,β-unsaturated/α-hetero) is 1. The molecule has 0 spiro atoms. The predicted molar refractivity (Wildman–Crippen MR) is 173 cm³/mol. The Bertz CT molecular complexity index is 1970. The van der Waals surface area contributed by atoms with Crippen molar-refractivity contribution in [2.24, 2.45) is 0 Å². The number of carbonyl (C=O) groups is 1. The molecule has 0 unspecified atom stereocenters. The van der Waals surface area contributed by atoms with Crippen LogP contribution in [0.1, 0.15) is 33.6 Å². The highest BCUT2D eigenvalue weighted by Gasteiger charge is 2.19. The number of aryl methyl sites for hydroxylation is 2. The summed E-state index contributed by atoms with van der Waals surface area (Å²) in [6, 6.07) is 13.1. The molecule has 11 heteroatoms. The largest absolute Gasteiger partial charge is 0.477 e. The van der Waals surface area contributed by atoms with Gasteiger partial charge in [0.05, 0.1) is 30.9 Å². The zero-order chi connectivity index (χ0) is 32.9. The average Bonchev–Trinajstić information content (AvgIpc) is 3.06. The Morgan fingerprint density at radius 2 is 1.81 bits per heavy atom. The van der Waals surface area contributed by atoms with E-state index in [1.54, 1.807) is 25.3 Å². The second-order valence-corrected chi connectivity index (χ2v) is 11.4. The molecular weight excluding hydrogens is 606 g/mol. The van der Waals surface area contributed by atoms with Crippen molar-refractivity contribution in [1.29, 1.82) is 0 Å². The van der Waals surface area contributed by atoms with E-state index in [0.29, 0.717) is 46.1 Å². The first-order valence-corrected chi connectivity index (χ1v) is 15.4. The molecule has 1 saturated heterocycles. The fourth-order valence-electron chi connectivity index (χ4n) is 5.57.